The third kappa shape index (κ3) is 4.18. The van der Waals surface area contributed by atoms with E-state index < -0.39 is 0 Å². The van der Waals surface area contributed by atoms with Gasteiger partial charge in [0, 0.05) is 11.5 Å². The molecule has 0 unspecified atom stereocenters. The second-order valence-electron chi connectivity index (χ2n) is 8.34. The summed E-state index contributed by atoms with van der Waals surface area (Å²) in [5.74, 6) is 3.16. The van der Waals surface area contributed by atoms with Crippen molar-refractivity contribution in [2.24, 2.45) is 5.92 Å². The molecule has 0 radical (unpaired) electrons. The van der Waals surface area contributed by atoms with Crippen LogP contribution in [0.5, 0.6) is 23.1 Å². The molecule has 0 saturated carbocycles. The quantitative estimate of drug-likeness (QED) is 0.414. The molecule has 1 aliphatic rings. The molecule has 0 atom stereocenters. The van der Waals surface area contributed by atoms with E-state index in [9.17, 15) is 0 Å². The molecule has 32 heavy (non-hydrogen) atoms. The van der Waals surface area contributed by atoms with Crippen LogP contribution in [0.25, 0.3) is 21.7 Å². The van der Waals surface area contributed by atoms with Crippen LogP contribution in [0.3, 0.4) is 0 Å². The molecule has 0 amide bonds. The lowest BCUT2D eigenvalue weighted by Gasteiger charge is -2.28. The van der Waals surface area contributed by atoms with Crippen LogP contribution in [-0.4, -0.2) is 48.7 Å². The Morgan fingerprint density at radius 2 is 1.72 bits per heavy atom. The molecule has 6 heteroatoms. The SMILES string of the molecule is COc1cc2c(Oc3cccc4ccccc34)ncnc2cc1OCC1CCN(C)CC1. The second kappa shape index (κ2) is 9.01. The maximum absolute atomic E-state index is 6.26. The number of nitrogens with zero attached hydrogens (tertiary/aromatic N) is 3. The van der Waals surface area contributed by atoms with E-state index in [-0.39, 0.29) is 0 Å². The van der Waals surface area contributed by atoms with E-state index in [1.165, 1.54) is 6.33 Å². The fourth-order valence-corrected chi connectivity index (χ4v) is 4.22. The van der Waals surface area contributed by atoms with Gasteiger partial charge in [-0.3, -0.25) is 0 Å². The number of piperidine rings is 1. The predicted molar refractivity (Wildman–Crippen MR) is 126 cm³/mol. The van der Waals surface area contributed by atoms with E-state index in [0.717, 1.165) is 53.4 Å². The predicted octanol–water partition coefficient (Wildman–Crippen LogP) is 5.30. The molecule has 1 saturated heterocycles. The summed E-state index contributed by atoms with van der Waals surface area (Å²) in [6, 6.07) is 18.0. The molecule has 5 rings (SSSR count). The van der Waals surface area contributed by atoms with Crippen molar-refractivity contribution in [3.63, 3.8) is 0 Å². The minimum atomic E-state index is 0.492. The van der Waals surface area contributed by atoms with Crippen LogP contribution >= 0.6 is 0 Å². The van der Waals surface area contributed by atoms with Gasteiger partial charge in [0.05, 0.1) is 24.6 Å². The van der Waals surface area contributed by atoms with Gasteiger partial charge in [0.1, 0.15) is 12.1 Å². The highest BCUT2D eigenvalue weighted by molar-refractivity contribution is 5.90. The Bertz CT molecular complexity index is 1230. The molecule has 1 aliphatic heterocycles. The first-order valence-electron chi connectivity index (χ1n) is 11.0. The highest BCUT2D eigenvalue weighted by Crippen LogP contribution is 2.37. The van der Waals surface area contributed by atoms with Gasteiger partial charge in [-0.2, -0.15) is 0 Å². The Kier molecular flexibility index (Phi) is 5.77. The molecule has 4 aromatic rings. The monoisotopic (exact) mass is 429 g/mol. The fraction of sp³-hybridized carbons (Fsp3) is 0.308. The summed E-state index contributed by atoms with van der Waals surface area (Å²) in [4.78, 5) is 11.2. The number of rotatable bonds is 6. The average molecular weight is 430 g/mol. The Balaban J connectivity index is 1.44. The van der Waals surface area contributed by atoms with Gasteiger partial charge in [0.15, 0.2) is 11.5 Å². The molecule has 0 aliphatic carbocycles. The largest absolute Gasteiger partial charge is 0.493 e. The minimum absolute atomic E-state index is 0.492. The van der Waals surface area contributed by atoms with E-state index in [1.54, 1.807) is 7.11 Å². The molecule has 3 aromatic carbocycles. The highest BCUT2D eigenvalue weighted by atomic mass is 16.5. The molecular weight excluding hydrogens is 402 g/mol. The van der Waals surface area contributed by atoms with Crippen molar-refractivity contribution in [2.45, 2.75) is 12.8 Å². The second-order valence-corrected chi connectivity index (χ2v) is 8.34. The minimum Gasteiger partial charge on any atom is -0.493 e. The Morgan fingerprint density at radius 3 is 2.56 bits per heavy atom. The Hall–Kier alpha value is -3.38. The number of likely N-dealkylation sites (tertiary alicyclic amines) is 1. The van der Waals surface area contributed by atoms with Crippen molar-refractivity contribution in [1.82, 2.24) is 14.9 Å². The van der Waals surface area contributed by atoms with Crippen LogP contribution in [0, 0.1) is 5.92 Å². The number of hydrogen-bond donors (Lipinski definition) is 0. The van der Waals surface area contributed by atoms with Crippen molar-refractivity contribution in [3.8, 4) is 23.1 Å². The molecule has 1 aromatic heterocycles. The Labute approximate surface area is 187 Å². The van der Waals surface area contributed by atoms with Gasteiger partial charge in [0.25, 0.3) is 0 Å². The van der Waals surface area contributed by atoms with Gasteiger partial charge in [-0.05, 0) is 56.4 Å². The number of aromatic nitrogens is 2. The smallest absolute Gasteiger partial charge is 0.230 e. The zero-order valence-electron chi connectivity index (χ0n) is 18.5. The first-order valence-corrected chi connectivity index (χ1v) is 11.0. The van der Waals surface area contributed by atoms with Crippen LogP contribution in [0.2, 0.25) is 0 Å². The number of methoxy groups -OCH3 is 1. The third-order valence-corrected chi connectivity index (χ3v) is 6.15. The molecule has 0 bridgehead atoms. The maximum atomic E-state index is 6.26. The van der Waals surface area contributed by atoms with Crippen LogP contribution < -0.4 is 14.2 Å². The van der Waals surface area contributed by atoms with E-state index >= 15 is 0 Å². The van der Waals surface area contributed by atoms with Crippen molar-refractivity contribution in [3.05, 3.63) is 60.9 Å². The van der Waals surface area contributed by atoms with Gasteiger partial charge < -0.3 is 19.1 Å². The van der Waals surface area contributed by atoms with E-state index in [0.29, 0.717) is 29.9 Å². The standard InChI is InChI=1S/C26H27N3O3/c1-29-12-10-18(11-13-29)16-31-25-15-22-21(14-24(25)30-2)26(28-17-27-22)32-23-9-5-7-19-6-3-4-8-20(19)23/h3-9,14-15,17-18H,10-13,16H2,1-2H3. The molecule has 0 spiro atoms. The summed E-state index contributed by atoms with van der Waals surface area (Å²) in [6.07, 6.45) is 3.82. The van der Waals surface area contributed by atoms with Crippen molar-refractivity contribution in [2.75, 3.05) is 33.9 Å². The molecule has 2 heterocycles. The lowest BCUT2D eigenvalue weighted by atomic mass is 9.98. The zero-order chi connectivity index (χ0) is 21.9. The number of benzene rings is 3. The summed E-state index contributed by atoms with van der Waals surface area (Å²) in [5, 5.41) is 2.93. The Morgan fingerprint density at radius 1 is 0.906 bits per heavy atom. The summed E-state index contributed by atoms with van der Waals surface area (Å²) in [6.45, 7) is 2.91. The summed E-state index contributed by atoms with van der Waals surface area (Å²) < 4.78 is 18.1. The van der Waals surface area contributed by atoms with Gasteiger partial charge >= 0.3 is 0 Å². The molecule has 1 fully saturated rings. The van der Waals surface area contributed by atoms with Gasteiger partial charge in [-0.15, -0.1) is 0 Å². The molecular formula is C26H27N3O3. The van der Waals surface area contributed by atoms with Gasteiger partial charge in [-0.25, -0.2) is 9.97 Å². The van der Waals surface area contributed by atoms with Crippen LogP contribution in [0.1, 0.15) is 12.8 Å². The summed E-state index contributed by atoms with van der Waals surface area (Å²) in [5.41, 5.74) is 0.759. The molecule has 0 N–H and O–H groups in total. The lowest BCUT2D eigenvalue weighted by Crippen LogP contribution is -2.32. The van der Waals surface area contributed by atoms with E-state index in [1.807, 2.05) is 42.5 Å². The van der Waals surface area contributed by atoms with E-state index in [2.05, 4.69) is 34.0 Å². The maximum Gasteiger partial charge on any atom is 0.230 e. The van der Waals surface area contributed by atoms with Crippen molar-refractivity contribution in [1.29, 1.82) is 0 Å². The number of hydrogen-bond acceptors (Lipinski definition) is 6. The topological polar surface area (TPSA) is 56.7 Å². The zero-order valence-corrected chi connectivity index (χ0v) is 18.5. The third-order valence-electron chi connectivity index (χ3n) is 6.15. The number of fused-ring (bicyclic) bond motifs is 2. The van der Waals surface area contributed by atoms with Gasteiger partial charge in [-0.1, -0.05) is 36.4 Å². The van der Waals surface area contributed by atoms with Crippen LogP contribution in [0.4, 0.5) is 0 Å². The van der Waals surface area contributed by atoms with Crippen LogP contribution in [0.15, 0.2) is 60.9 Å². The fourth-order valence-electron chi connectivity index (χ4n) is 4.22. The number of ether oxygens (including phenoxy) is 3. The average Bonchev–Trinajstić information content (AvgIpc) is 2.83. The van der Waals surface area contributed by atoms with E-state index in [4.69, 9.17) is 14.2 Å². The lowest BCUT2D eigenvalue weighted by molar-refractivity contribution is 0.157. The van der Waals surface area contributed by atoms with Gasteiger partial charge in [0.2, 0.25) is 5.88 Å². The molecule has 164 valence electrons. The van der Waals surface area contributed by atoms with Crippen molar-refractivity contribution < 1.29 is 14.2 Å². The molecule has 6 nitrogen and oxygen atoms in total. The van der Waals surface area contributed by atoms with Crippen molar-refractivity contribution >= 4 is 21.7 Å². The normalized spacial score (nSPS) is 15.2. The summed E-state index contributed by atoms with van der Waals surface area (Å²) in [7, 11) is 3.82. The summed E-state index contributed by atoms with van der Waals surface area (Å²) >= 11 is 0. The van der Waals surface area contributed by atoms with Crippen LogP contribution in [-0.2, 0) is 0 Å². The first kappa shape index (κ1) is 20.5. The first-order chi connectivity index (χ1) is 15.7. The highest BCUT2D eigenvalue weighted by Gasteiger charge is 2.19.